The van der Waals surface area contributed by atoms with Crippen LogP contribution in [0.2, 0.25) is 5.02 Å². The van der Waals surface area contributed by atoms with E-state index in [0.717, 1.165) is 51.0 Å². The van der Waals surface area contributed by atoms with E-state index in [-0.39, 0.29) is 18.2 Å². The fraction of sp³-hybridized carbons (Fsp3) is 0.652. The molecule has 8 heteroatoms. The Morgan fingerprint density at radius 1 is 0.806 bits per heavy atom. The van der Waals surface area contributed by atoms with Gasteiger partial charge in [-0.15, -0.1) is 0 Å². The van der Waals surface area contributed by atoms with Crippen molar-refractivity contribution in [3.8, 4) is 11.5 Å². The molecule has 4 rings (SSSR count). The van der Waals surface area contributed by atoms with Crippen molar-refractivity contribution < 1.29 is 19.1 Å². The molecular formula is C23H32ClN3O4. The Morgan fingerprint density at radius 3 is 2.23 bits per heavy atom. The van der Waals surface area contributed by atoms with E-state index in [0.29, 0.717) is 49.4 Å². The number of hydrogen-bond donors (Lipinski definition) is 0. The van der Waals surface area contributed by atoms with E-state index in [2.05, 4.69) is 4.90 Å². The number of rotatable bonds is 4. The van der Waals surface area contributed by atoms with Crippen molar-refractivity contribution in [3.05, 3.63) is 22.7 Å². The zero-order valence-electron chi connectivity index (χ0n) is 18.1. The van der Waals surface area contributed by atoms with E-state index >= 15 is 0 Å². The quantitative estimate of drug-likeness (QED) is 0.707. The molecule has 170 valence electrons. The van der Waals surface area contributed by atoms with E-state index in [1.165, 1.54) is 12.8 Å². The van der Waals surface area contributed by atoms with Crippen molar-refractivity contribution in [2.75, 3.05) is 59.0 Å². The predicted molar refractivity (Wildman–Crippen MR) is 119 cm³/mol. The lowest BCUT2D eigenvalue weighted by Gasteiger charge is -2.35. The van der Waals surface area contributed by atoms with Crippen molar-refractivity contribution >= 4 is 23.4 Å². The highest BCUT2D eigenvalue weighted by Crippen LogP contribution is 2.38. The highest BCUT2D eigenvalue weighted by molar-refractivity contribution is 6.32. The summed E-state index contributed by atoms with van der Waals surface area (Å²) in [4.78, 5) is 31.5. The van der Waals surface area contributed by atoms with Gasteiger partial charge in [-0.3, -0.25) is 14.5 Å². The molecule has 31 heavy (non-hydrogen) atoms. The van der Waals surface area contributed by atoms with E-state index in [1.807, 2.05) is 15.9 Å². The van der Waals surface area contributed by atoms with Gasteiger partial charge in [0.1, 0.15) is 0 Å². The molecule has 2 amide bonds. The maximum absolute atomic E-state index is 12.8. The number of fused-ring (bicyclic) bond motifs is 1. The third kappa shape index (κ3) is 5.83. The predicted octanol–water partition coefficient (Wildman–Crippen LogP) is 2.59. The van der Waals surface area contributed by atoms with Crippen molar-refractivity contribution in [3.63, 3.8) is 0 Å². The summed E-state index contributed by atoms with van der Waals surface area (Å²) in [6, 6.07) is 3.66. The Morgan fingerprint density at radius 2 is 1.48 bits per heavy atom. The first-order chi connectivity index (χ1) is 15.1. The van der Waals surface area contributed by atoms with Gasteiger partial charge >= 0.3 is 0 Å². The minimum atomic E-state index is 0.0732. The van der Waals surface area contributed by atoms with Gasteiger partial charge in [-0.05, 0) is 30.5 Å². The topological polar surface area (TPSA) is 62.3 Å². The van der Waals surface area contributed by atoms with Gasteiger partial charge in [-0.2, -0.15) is 0 Å². The first kappa shape index (κ1) is 22.2. The van der Waals surface area contributed by atoms with Crippen LogP contribution in [0.3, 0.4) is 0 Å². The van der Waals surface area contributed by atoms with Crippen LogP contribution in [0.5, 0.6) is 11.5 Å². The Kier molecular flexibility index (Phi) is 7.56. The summed E-state index contributed by atoms with van der Waals surface area (Å²) >= 11 is 6.36. The molecule has 0 saturated carbocycles. The number of ether oxygens (including phenoxy) is 2. The summed E-state index contributed by atoms with van der Waals surface area (Å²) in [6.45, 7) is 6.13. The second-order valence-electron chi connectivity index (χ2n) is 8.58. The summed E-state index contributed by atoms with van der Waals surface area (Å²) < 4.78 is 11.4. The third-order valence-corrected chi connectivity index (χ3v) is 6.54. The summed E-state index contributed by atoms with van der Waals surface area (Å²) in [6.07, 6.45) is 5.75. The van der Waals surface area contributed by atoms with Crippen molar-refractivity contribution in [1.29, 1.82) is 0 Å². The SMILES string of the molecule is O=C(Cc1cc(Cl)c2c(c1)OCCCO2)N1CCN(CC(=O)N2CCCCCC2)CC1. The van der Waals surface area contributed by atoms with Gasteiger partial charge in [-0.25, -0.2) is 0 Å². The van der Waals surface area contributed by atoms with E-state index in [4.69, 9.17) is 21.1 Å². The van der Waals surface area contributed by atoms with Gasteiger partial charge in [0.25, 0.3) is 0 Å². The smallest absolute Gasteiger partial charge is 0.236 e. The number of carbonyl (C=O) groups is 2. The first-order valence-corrected chi connectivity index (χ1v) is 11.8. The summed E-state index contributed by atoms with van der Waals surface area (Å²) in [5.41, 5.74) is 0.832. The molecule has 0 N–H and O–H groups in total. The lowest BCUT2D eigenvalue weighted by Crippen LogP contribution is -2.52. The van der Waals surface area contributed by atoms with Crippen LogP contribution in [-0.2, 0) is 16.0 Å². The molecule has 0 aliphatic carbocycles. The zero-order valence-corrected chi connectivity index (χ0v) is 18.9. The van der Waals surface area contributed by atoms with Crippen LogP contribution in [0.25, 0.3) is 0 Å². The molecule has 1 aromatic rings. The number of nitrogens with zero attached hydrogens (tertiary/aromatic N) is 3. The normalized spacial score (nSPS) is 20.2. The van der Waals surface area contributed by atoms with Crippen LogP contribution < -0.4 is 9.47 Å². The van der Waals surface area contributed by atoms with Gasteiger partial charge < -0.3 is 19.3 Å². The first-order valence-electron chi connectivity index (χ1n) is 11.5. The van der Waals surface area contributed by atoms with Crippen molar-refractivity contribution in [2.45, 2.75) is 38.5 Å². The standard InChI is InChI=1S/C23H32ClN3O4/c24-19-14-18(15-20-23(19)31-13-5-12-30-20)16-21(28)27-10-8-25(9-11-27)17-22(29)26-6-3-1-2-4-7-26/h14-15H,1-13,16-17H2. The van der Waals surface area contributed by atoms with E-state index < -0.39 is 0 Å². The van der Waals surface area contributed by atoms with Crippen molar-refractivity contribution in [2.24, 2.45) is 0 Å². The van der Waals surface area contributed by atoms with Gasteiger partial charge in [-0.1, -0.05) is 24.4 Å². The second-order valence-corrected chi connectivity index (χ2v) is 8.99. The highest BCUT2D eigenvalue weighted by atomic mass is 35.5. The number of halogens is 1. The molecule has 3 heterocycles. The van der Waals surface area contributed by atoms with Gasteiger partial charge in [0.2, 0.25) is 11.8 Å². The number of hydrogen-bond acceptors (Lipinski definition) is 5. The Balaban J connectivity index is 1.27. The number of amides is 2. The van der Waals surface area contributed by atoms with Crippen LogP contribution in [0.15, 0.2) is 12.1 Å². The van der Waals surface area contributed by atoms with Crippen LogP contribution in [-0.4, -0.2) is 85.5 Å². The number of benzene rings is 1. The molecule has 3 aliphatic rings. The highest BCUT2D eigenvalue weighted by Gasteiger charge is 2.25. The Hall–Kier alpha value is -1.99. The third-order valence-electron chi connectivity index (χ3n) is 6.26. The summed E-state index contributed by atoms with van der Waals surface area (Å²) in [5, 5.41) is 0.485. The molecule has 0 spiro atoms. The van der Waals surface area contributed by atoms with Crippen LogP contribution >= 0.6 is 11.6 Å². The number of piperazine rings is 1. The molecule has 0 atom stereocenters. The molecule has 1 aromatic carbocycles. The molecular weight excluding hydrogens is 418 g/mol. The zero-order chi connectivity index (χ0) is 21.6. The number of likely N-dealkylation sites (tertiary alicyclic amines) is 1. The fourth-order valence-corrected chi connectivity index (χ4v) is 4.73. The summed E-state index contributed by atoms with van der Waals surface area (Å²) in [5.74, 6) is 1.48. The molecule has 0 radical (unpaired) electrons. The minimum Gasteiger partial charge on any atom is -0.489 e. The molecule has 0 bridgehead atoms. The second kappa shape index (κ2) is 10.6. The monoisotopic (exact) mass is 449 g/mol. The Labute approximate surface area is 189 Å². The molecule has 7 nitrogen and oxygen atoms in total. The van der Waals surface area contributed by atoms with Gasteiger partial charge in [0, 0.05) is 45.7 Å². The average molecular weight is 450 g/mol. The van der Waals surface area contributed by atoms with E-state index in [1.54, 1.807) is 6.07 Å². The minimum absolute atomic E-state index is 0.0732. The lowest BCUT2D eigenvalue weighted by atomic mass is 10.1. The molecule has 0 unspecified atom stereocenters. The molecule has 2 fully saturated rings. The van der Waals surface area contributed by atoms with Crippen LogP contribution in [0.1, 0.15) is 37.7 Å². The summed E-state index contributed by atoms with van der Waals surface area (Å²) in [7, 11) is 0. The van der Waals surface area contributed by atoms with Crippen LogP contribution in [0, 0.1) is 0 Å². The lowest BCUT2D eigenvalue weighted by molar-refractivity contribution is -0.134. The Bertz CT molecular complexity index is 787. The van der Waals surface area contributed by atoms with Gasteiger partial charge in [0.15, 0.2) is 11.5 Å². The molecule has 2 saturated heterocycles. The molecule has 0 aromatic heterocycles. The van der Waals surface area contributed by atoms with Crippen molar-refractivity contribution in [1.82, 2.24) is 14.7 Å². The maximum atomic E-state index is 12.8. The number of carbonyl (C=O) groups excluding carboxylic acids is 2. The van der Waals surface area contributed by atoms with Gasteiger partial charge in [0.05, 0.1) is 31.2 Å². The van der Waals surface area contributed by atoms with E-state index in [9.17, 15) is 9.59 Å². The average Bonchev–Trinajstić information content (AvgIpc) is 3.17. The fourth-order valence-electron chi connectivity index (χ4n) is 4.44. The molecule has 3 aliphatic heterocycles. The largest absolute Gasteiger partial charge is 0.489 e. The van der Waals surface area contributed by atoms with Crippen LogP contribution in [0.4, 0.5) is 0 Å². The maximum Gasteiger partial charge on any atom is 0.236 e.